The lowest BCUT2D eigenvalue weighted by atomic mass is 9.79. The molecular weight excluding hydrogens is 235 g/mol. The van der Waals surface area contributed by atoms with Gasteiger partial charge in [0.2, 0.25) is 5.76 Å². The second-order valence-corrected chi connectivity index (χ2v) is 4.95. The Morgan fingerprint density at radius 1 is 1.50 bits per heavy atom. The minimum absolute atomic E-state index is 0.0293. The van der Waals surface area contributed by atoms with Crippen LogP contribution in [-0.2, 0) is 14.0 Å². The van der Waals surface area contributed by atoms with Crippen molar-refractivity contribution in [2.24, 2.45) is 0 Å². The Labute approximate surface area is 107 Å². The third-order valence-electron chi connectivity index (χ3n) is 3.31. The first-order valence-corrected chi connectivity index (χ1v) is 5.87. The van der Waals surface area contributed by atoms with Gasteiger partial charge in [-0.25, -0.2) is 4.79 Å². The predicted octanol–water partition coefficient (Wildman–Crippen LogP) is 1.28. The van der Waals surface area contributed by atoms with E-state index in [9.17, 15) is 4.79 Å². The highest BCUT2D eigenvalue weighted by atomic mass is 16.7. The molecule has 0 N–H and O–H groups in total. The van der Waals surface area contributed by atoms with E-state index in [1.54, 1.807) is 13.0 Å². The van der Waals surface area contributed by atoms with E-state index in [0.717, 1.165) is 5.46 Å². The van der Waals surface area contributed by atoms with E-state index >= 15 is 0 Å². The maximum atomic E-state index is 11.4. The van der Waals surface area contributed by atoms with Gasteiger partial charge in [-0.1, -0.05) is 0 Å². The van der Waals surface area contributed by atoms with Crippen LogP contribution < -0.4 is 5.46 Å². The van der Waals surface area contributed by atoms with Gasteiger partial charge in [-0.3, -0.25) is 0 Å². The standard InChI is InChI=1S/C12H17BO5/c1-7-9(6-10(16-7)11(14)15-5)13-17-8(2)12(3,4)18-13/h6,8H,1-5H3. The largest absolute Gasteiger partial charge is 0.498 e. The van der Waals surface area contributed by atoms with Crippen molar-refractivity contribution in [2.75, 3.05) is 7.11 Å². The SMILES string of the molecule is COC(=O)c1cc(B2OC(C)C(C)(C)O2)c(C)o1. The Hall–Kier alpha value is -1.27. The summed E-state index contributed by atoms with van der Waals surface area (Å²) in [6.07, 6.45) is -0.0293. The second kappa shape index (κ2) is 4.44. The molecule has 0 amide bonds. The normalized spacial score (nSPS) is 22.3. The van der Waals surface area contributed by atoms with Crippen molar-refractivity contribution in [3.8, 4) is 0 Å². The molecule has 1 fully saturated rings. The highest BCUT2D eigenvalue weighted by Gasteiger charge is 2.45. The minimum Gasteiger partial charge on any atom is -0.463 e. The molecular formula is C12H17BO5. The molecule has 5 nitrogen and oxygen atoms in total. The molecule has 6 heteroatoms. The van der Waals surface area contributed by atoms with Crippen LogP contribution in [0, 0.1) is 6.92 Å². The van der Waals surface area contributed by atoms with Crippen LogP contribution in [0.15, 0.2) is 10.5 Å². The van der Waals surface area contributed by atoms with Gasteiger partial charge < -0.3 is 18.5 Å². The maximum Gasteiger partial charge on any atom is 0.498 e. The Bertz CT molecular complexity index is 465. The van der Waals surface area contributed by atoms with Crippen molar-refractivity contribution in [2.45, 2.75) is 39.4 Å². The number of methoxy groups -OCH3 is 1. The molecule has 0 aliphatic carbocycles. The average molecular weight is 252 g/mol. The molecule has 1 saturated heterocycles. The molecule has 1 aromatic rings. The molecule has 1 aliphatic rings. The lowest BCUT2D eigenvalue weighted by molar-refractivity contribution is 0.0563. The fraction of sp³-hybridized carbons (Fsp3) is 0.583. The summed E-state index contributed by atoms with van der Waals surface area (Å²) in [5.74, 6) is 0.259. The average Bonchev–Trinajstić information content (AvgIpc) is 2.79. The molecule has 0 radical (unpaired) electrons. The molecule has 1 unspecified atom stereocenters. The minimum atomic E-state index is -0.505. The predicted molar refractivity (Wildman–Crippen MR) is 65.9 cm³/mol. The Morgan fingerprint density at radius 3 is 2.67 bits per heavy atom. The number of esters is 1. The molecule has 0 aromatic carbocycles. The number of ether oxygens (including phenoxy) is 1. The van der Waals surface area contributed by atoms with Crippen LogP contribution in [0.3, 0.4) is 0 Å². The fourth-order valence-corrected chi connectivity index (χ4v) is 1.82. The van der Waals surface area contributed by atoms with E-state index in [2.05, 4.69) is 4.74 Å². The van der Waals surface area contributed by atoms with Crippen LogP contribution in [0.1, 0.15) is 37.1 Å². The third-order valence-corrected chi connectivity index (χ3v) is 3.31. The van der Waals surface area contributed by atoms with Crippen molar-refractivity contribution < 1.29 is 23.3 Å². The maximum absolute atomic E-state index is 11.4. The van der Waals surface area contributed by atoms with Gasteiger partial charge in [-0.2, -0.15) is 0 Å². The first-order valence-electron chi connectivity index (χ1n) is 5.87. The number of hydrogen-bond acceptors (Lipinski definition) is 5. The monoisotopic (exact) mass is 252 g/mol. The second-order valence-electron chi connectivity index (χ2n) is 4.95. The quantitative estimate of drug-likeness (QED) is 0.586. The van der Waals surface area contributed by atoms with Gasteiger partial charge in [-0.15, -0.1) is 0 Å². The van der Waals surface area contributed by atoms with E-state index < -0.39 is 13.1 Å². The summed E-state index contributed by atoms with van der Waals surface area (Å²) in [6.45, 7) is 7.66. The van der Waals surface area contributed by atoms with E-state index in [1.807, 2.05) is 20.8 Å². The molecule has 18 heavy (non-hydrogen) atoms. The van der Waals surface area contributed by atoms with Crippen molar-refractivity contribution in [1.29, 1.82) is 0 Å². The Balaban J connectivity index is 2.25. The first kappa shape index (κ1) is 13.2. The fourth-order valence-electron chi connectivity index (χ4n) is 1.82. The van der Waals surface area contributed by atoms with Gasteiger partial charge in [0, 0.05) is 5.46 Å². The van der Waals surface area contributed by atoms with Crippen molar-refractivity contribution in [1.82, 2.24) is 0 Å². The highest BCUT2D eigenvalue weighted by Crippen LogP contribution is 2.27. The lowest BCUT2D eigenvalue weighted by Crippen LogP contribution is -2.35. The summed E-state index contributed by atoms with van der Waals surface area (Å²) in [6, 6.07) is 1.61. The van der Waals surface area contributed by atoms with Gasteiger partial charge in [0.1, 0.15) is 5.76 Å². The number of rotatable bonds is 2. The zero-order valence-electron chi connectivity index (χ0n) is 11.3. The topological polar surface area (TPSA) is 57.9 Å². The van der Waals surface area contributed by atoms with Crippen LogP contribution in [0.4, 0.5) is 0 Å². The molecule has 98 valence electrons. The molecule has 2 rings (SSSR count). The molecule has 0 bridgehead atoms. The molecule has 1 aliphatic heterocycles. The van der Waals surface area contributed by atoms with E-state index in [-0.39, 0.29) is 17.5 Å². The van der Waals surface area contributed by atoms with E-state index in [0.29, 0.717) is 5.76 Å². The summed E-state index contributed by atoms with van der Waals surface area (Å²) in [5.41, 5.74) is 0.368. The van der Waals surface area contributed by atoms with Crippen molar-refractivity contribution in [3.05, 3.63) is 17.6 Å². The van der Waals surface area contributed by atoms with Crippen LogP contribution in [0.25, 0.3) is 0 Å². The zero-order chi connectivity index (χ0) is 13.5. The third kappa shape index (κ3) is 2.18. The zero-order valence-corrected chi connectivity index (χ0v) is 11.3. The highest BCUT2D eigenvalue weighted by molar-refractivity contribution is 6.62. The smallest absolute Gasteiger partial charge is 0.463 e. The molecule has 1 aromatic heterocycles. The van der Waals surface area contributed by atoms with E-state index in [4.69, 9.17) is 13.7 Å². The summed E-state index contributed by atoms with van der Waals surface area (Å²) in [7, 11) is 0.810. The summed E-state index contributed by atoms with van der Waals surface area (Å²) in [4.78, 5) is 11.4. The Morgan fingerprint density at radius 2 is 2.17 bits per heavy atom. The number of hydrogen-bond donors (Lipinski definition) is 0. The van der Waals surface area contributed by atoms with E-state index in [1.165, 1.54) is 7.11 Å². The van der Waals surface area contributed by atoms with Gasteiger partial charge in [-0.05, 0) is 33.8 Å². The summed E-state index contributed by atoms with van der Waals surface area (Å²) >= 11 is 0. The van der Waals surface area contributed by atoms with Crippen LogP contribution in [0.2, 0.25) is 0 Å². The number of furan rings is 1. The first-order chi connectivity index (χ1) is 8.35. The van der Waals surface area contributed by atoms with Gasteiger partial charge in [0.15, 0.2) is 0 Å². The van der Waals surface area contributed by atoms with Gasteiger partial charge in [0.25, 0.3) is 0 Å². The van der Waals surface area contributed by atoms with Crippen molar-refractivity contribution in [3.63, 3.8) is 0 Å². The van der Waals surface area contributed by atoms with Crippen molar-refractivity contribution >= 4 is 18.6 Å². The van der Waals surface area contributed by atoms with Gasteiger partial charge >= 0.3 is 13.1 Å². The number of aryl methyl sites for hydroxylation is 1. The van der Waals surface area contributed by atoms with Crippen LogP contribution in [0.5, 0.6) is 0 Å². The summed E-state index contributed by atoms with van der Waals surface area (Å²) < 4.78 is 21.5. The Kier molecular flexibility index (Phi) is 3.25. The number of carbonyl (C=O) groups is 1. The number of carbonyl (C=O) groups excluding carboxylic acids is 1. The van der Waals surface area contributed by atoms with Gasteiger partial charge in [0.05, 0.1) is 18.8 Å². The lowest BCUT2D eigenvalue weighted by Gasteiger charge is -2.21. The van der Waals surface area contributed by atoms with Crippen LogP contribution in [-0.4, -0.2) is 31.9 Å². The molecule has 1 atom stereocenters. The summed E-state index contributed by atoms with van der Waals surface area (Å²) in [5, 5.41) is 0. The molecule has 2 heterocycles. The molecule has 0 spiro atoms. The molecule has 0 saturated carbocycles. The van der Waals surface area contributed by atoms with Crippen LogP contribution >= 0.6 is 0 Å².